The molecule has 5 heteroatoms. The summed E-state index contributed by atoms with van der Waals surface area (Å²) in [5.41, 5.74) is 7.85. The molecule has 0 saturated carbocycles. The van der Waals surface area contributed by atoms with Gasteiger partial charge in [0.05, 0.1) is 0 Å². The number of hydrogen-bond donors (Lipinski definition) is 2. The van der Waals surface area contributed by atoms with Crippen molar-refractivity contribution in [2.75, 3.05) is 7.05 Å². The quantitative estimate of drug-likeness (QED) is 0.374. The van der Waals surface area contributed by atoms with Gasteiger partial charge in [0.25, 0.3) is 0 Å². The number of nitrogens with two attached hydrogens (primary N) is 1. The number of hydrogen-bond acceptors (Lipinski definition) is 3. The number of rotatable bonds is 5. The van der Waals surface area contributed by atoms with Gasteiger partial charge < -0.3 is 15.8 Å². The highest BCUT2D eigenvalue weighted by molar-refractivity contribution is 6.02. The molecule has 5 nitrogen and oxygen atoms in total. The van der Waals surface area contributed by atoms with Crippen molar-refractivity contribution in [3.05, 3.63) is 35.4 Å². The summed E-state index contributed by atoms with van der Waals surface area (Å²) in [7, 11) is 1.72. The molecule has 0 saturated heterocycles. The molecule has 1 rings (SSSR count). The highest BCUT2D eigenvalue weighted by Gasteiger charge is 2.29. The van der Waals surface area contributed by atoms with Gasteiger partial charge in [-0.1, -0.05) is 48.8 Å². The van der Waals surface area contributed by atoms with E-state index >= 15 is 0 Å². The SMILES string of the molecule is Cc1ccc(CN(C)C(=O)C(C(N)=NO)C(C)C)cc1. The molecule has 0 spiro atoms. The van der Waals surface area contributed by atoms with Crippen LogP contribution in [0.3, 0.4) is 0 Å². The number of amidine groups is 1. The Hall–Kier alpha value is -2.04. The van der Waals surface area contributed by atoms with E-state index in [4.69, 9.17) is 10.9 Å². The van der Waals surface area contributed by atoms with Crippen molar-refractivity contribution in [1.29, 1.82) is 0 Å². The highest BCUT2D eigenvalue weighted by Crippen LogP contribution is 2.16. The first-order chi connectivity index (χ1) is 9.36. The number of oxime groups is 1. The van der Waals surface area contributed by atoms with E-state index in [1.54, 1.807) is 11.9 Å². The molecule has 1 atom stereocenters. The first-order valence-electron chi connectivity index (χ1n) is 6.64. The van der Waals surface area contributed by atoms with Crippen LogP contribution in [0.5, 0.6) is 0 Å². The number of nitrogens with zero attached hydrogens (tertiary/aromatic N) is 2. The van der Waals surface area contributed by atoms with Crippen molar-refractivity contribution < 1.29 is 10.0 Å². The lowest BCUT2D eigenvalue weighted by Crippen LogP contribution is -2.42. The average molecular weight is 277 g/mol. The monoisotopic (exact) mass is 277 g/mol. The van der Waals surface area contributed by atoms with Crippen molar-refractivity contribution in [3.8, 4) is 0 Å². The van der Waals surface area contributed by atoms with Crippen LogP contribution in [0, 0.1) is 18.8 Å². The van der Waals surface area contributed by atoms with Crippen LogP contribution in [-0.2, 0) is 11.3 Å². The second kappa shape index (κ2) is 6.93. The smallest absolute Gasteiger partial charge is 0.233 e. The standard InChI is InChI=1S/C15H23N3O2/c1-10(2)13(14(16)17-20)15(19)18(4)9-12-7-5-11(3)6-8-12/h5-8,10,13,20H,9H2,1-4H3,(H2,16,17). The van der Waals surface area contributed by atoms with E-state index in [2.05, 4.69) is 5.16 Å². The van der Waals surface area contributed by atoms with E-state index in [0.29, 0.717) is 6.54 Å². The summed E-state index contributed by atoms with van der Waals surface area (Å²) in [5.74, 6) is -0.814. The molecular formula is C15H23N3O2. The maximum atomic E-state index is 12.4. The third-order valence-electron chi connectivity index (χ3n) is 3.28. The van der Waals surface area contributed by atoms with Crippen molar-refractivity contribution in [1.82, 2.24) is 4.90 Å². The summed E-state index contributed by atoms with van der Waals surface area (Å²) in [6, 6.07) is 8.01. The Morgan fingerprint density at radius 3 is 2.35 bits per heavy atom. The maximum absolute atomic E-state index is 12.4. The summed E-state index contributed by atoms with van der Waals surface area (Å²) in [6.45, 7) is 6.27. The molecule has 0 radical (unpaired) electrons. The van der Waals surface area contributed by atoms with Gasteiger partial charge in [-0.3, -0.25) is 4.79 Å². The van der Waals surface area contributed by atoms with Crippen LogP contribution < -0.4 is 5.73 Å². The number of aryl methyl sites for hydroxylation is 1. The molecular weight excluding hydrogens is 254 g/mol. The van der Waals surface area contributed by atoms with E-state index in [0.717, 1.165) is 5.56 Å². The van der Waals surface area contributed by atoms with Gasteiger partial charge in [0, 0.05) is 13.6 Å². The minimum absolute atomic E-state index is 0.0288. The predicted octanol–water partition coefficient (Wildman–Crippen LogP) is 1.97. The molecule has 0 heterocycles. The number of amides is 1. The molecule has 0 aliphatic carbocycles. The van der Waals surface area contributed by atoms with E-state index < -0.39 is 5.92 Å². The fourth-order valence-corrected chi connectivity index (χ4v) is 2.10. The molecule has 1 unspecified atom stereocenters. The summed E-state index contributed by atoms with van der Waals surface area (Å²) < 4.78 is 0. The molecule has 0 bridgehead atoms. The second-order valence-corrected chi connectivity index (χ2v) is 5.43. The zero-order chi connectivity index (χ0) is 15.3. The summed E-state index contributed by atoms with van der Waals surface area (Å²) in [6.07, 6.45) is 0. The van der Waals surface area contributed by atoms with Crippen LogP contribution in [-0.4, -0.2) is 28.9 Å². The molecule has 1 aromatic carbocycles. The van der Waals surface area contributed by atoms with Crippen LogP contribution >= 0.6 is 0 Å². The van der Waals surface area contributed by atoms with Crippen LogP contribution in [0.15, 0.2) is 29.4 Å². The lowest BCUT2D eigenvalue weighted by Gasteiger charge is -2.25. The Bertz CT molecular complexity index is 480. The van der Waals surface area contributed by atoms with Crippen molar-refractivity contribution >= 4 is 11.7 Å². The molecule has 0 aromatic heterocycles. The summed E-state index contributed by atoms with van der Waals surface area (Å²) in [4.78, 5) is 14.0. The molecule has 1 amide bonds. The van der Waals surface area contributed by atoms with Gasteiger partial charge in [-0.15, -0.1) is 0 Å². The van der Waals surface area contributed by atoms with E-state index in [9.17, 15) is 4.79 Å². The lowest BCUT2D eigenvalue weighted by molar-refractivity contribution is -0.133. The average Bonchev–Trinajstić information content (AvgIpc) is 2.40. The fourth-order valence-electron chi connectivity index (χ4n) is 2.10. The number of benzene rings is 1. The van der Waals surface area contributed by atoms with Crippen LogP contribution in [0.1, 0.15) is 25.0 Å². The van der Waals surface area contributed by atoms with Gasteiger partial charge in [0.1, 0.15) is 5.92 Å². The van der Waals surface area contributed by atoms with Gasteiger partial charge in [-0.05, 0) is 18.4 Å². The Balaban J connectivity index is 2.81. The molecule has 0 aliphatic heterocycles. The third-order valence-corrected chi connectivity index (χ3v) is 3.28. The largest absolute Gasteiger partial charge is 0.409 e. The molecule has 20 heavy (non-hydrogen) atoms. The normalized spacial score (nSPS) is 13.3. The van der Waals surface area contributed by atoms with Crippen molar-refractivity contribution in [3.63, 3.8) is 0 Å². The molecule has 110 valence electrons. The van der Waals surface area contributed by atoms with Gasteiger partial charge in [-0.2, -0.15) is 0 Å². The Labute approximate surface area is 120 Å². The Morgan fingerprint density at radius 2 is 1.90 bits per heavy atom. The van der Waals surface area contributed by atoms with Gasteiger partial charge in [0.15, 0.2) is 5.84 Å². The Kier molecular flexibility index (Phi) is 5.55. The molecule has 0 aliphatic rings. The third kappa shape index (κ3) is 3.98. The lowest BCUT2D eigenvalue weighted by atomic mass is 9.93. The van der Waals surface area contributed by atoms with Crippen LogP contribution in [0.25, 0.3) is 0 Å². The first-order valence-corrected chi connectivity index (χ1v) is 6.64. The van der Waals surface area contributed by atoms with Crippen molar-refractivity contribution in [2.24, 2.45) is 22.7 Å². The second-order valence-electron chi connectivity index (χ2n) is 5.43. The van der Waals surface area contributed by atoms with Crippen LogP contribution in [0.4, 0.5) is 0 Å². The van der Waals surface area contributed by atoms with E-state index in [1.807, 2.05) is 45.0 Å². The van der Waals surface area contributed by atoms with E-state index in [1.165, 1.54) is 5.56 Å². The fraction of sp³-hybridized carbons (Fsp3) is 0.467. The van der Waals surface area contributed by atoms with Crippen molar-refractivity contribution in [2.45, 2.75) is 27.3 Å². The Morgan fingerprint density at radius 1 is 1.35 bits per heavy atom. The first kappa shape index (κ1) is 16.0. The maximum Gasteiger partial charge on any atom is 0.233 e. The predicted molar refractivity (Wildman–Crippen MR) is 79.4 cm³/mol. The van der Waals surface area contributed by atoms with Crippen LogP contribution in [0.2, 0.25) is 0 Å². The topological polar surface area (TPSA) is 78.9 Å². The molecule has 0 fully saturated rings. The summed E-state index contributed by atoms with van der Waals surface area (Å²) in [5, 5.41) is 11.8. The highest BCUT2D eigenvalue weighted by atomic mass is 16.4. The van der Waals surface area contributed by atoms with Gasteiger partial charge in [0.2, 0.25) is 5.91 Å². The van der Waals surface area contributed by atoms with Gasteiger partial charge in [-0.25, -0.2) is 0 Å². The minimum atomic E-state index is -0.601. The molecule has 3 N–H and O–H groups in total. The van der Waals surface area contributed by atoms with E-state index in [-0.39, 0.29) is 17.7 Å². The number of carbonyl (C=O) groups is 1. The zero-order valence-electron chi connectivity index (χ0n) is 12.5. The molecule has 1 aromatic rings. The minimum Gasteiger partial charge on any atom is -0.409 e. The van der Waals surface area contributed by atoms with Gasteiger partial charge >= 0.3 is 0 Å². The summed E-state index contributed by atoms with van der Waals surface area (Å²) >= 11 is 0. The number of carbonyl (C=O) groups excluding carboxylic acids is 1. The zero-order valence-corrected chi connectivity index (χ0v) is 12.5.